The molecule has 0 unspecified atom stereocenters. The van der Waals surface area contributed by atoms with Crippen molar-refractivity contribution < 1.29 is 0 Å². The van der Waals surface area contributed by atoms with Crippen LogP contribution in [0.3, 0.4) is 0 Å². The first-order chi connectivity index (χ1) is 3.79. The van der Waals surface area contributed by atoms with E-state index >= 15 is 0 Å². The molecule has 1 rings (SSSR count). The summed E-state index contributed by atoms with van der Waals surface area (Å²) < 4.78 is 0. The SMILES string of the molecule is [SiH3]c1ncnc(S)n1. The minimum absolute atomic E-state index is 0.505. The average Bonchev–Trinajstić information content (AvgIpc) is 1.64. The minimum atomic E-state index is 0.505. The van der Waals surface area contributed by atoms with Crippen LogP contribution in [0.1, 0.15) is 0 Å². The van der Waals surface area contributed by atoms with Gasteiger partial charge in [-0.3, -0.25) is 0 Å². The molecule has 0 aliphatic heterocycles. The van der Waals surface area contributed by atoms with Crippen molar-refractivity contribution in [3.05, 3.63) is 6.33 Å². The monoisotopic (exact) mass is 143 g/mol. The number of hydrogen-bond acceptors (Lipinski definition) is 4. The van der Waals surface area contributed by atoms with E-state index < -0.39 is 0 Å². The highest BCUT2D eigenvalue weighted by Crippen LogP contribution is 1.85. The Balaban J connectivity index is 3.08. The average molecular weight is 143 g/mol. The molecule has 0 amide bonds. The summed E-state index contributed by atoms with van der Waals surface area (Å²) in [4.78, 5) is 11.4. The molecule has 0 spiro atoms. The Kier molecular flexibility index (Phi) is 1.59. The predicted molar refractivity (Wildman–Crippen MR) is 36.7 cm³/mol. The topological polar surface area (TPSA) is 38.7 Å². The molecule has 0 N–H and O–H groups in total. The third-order valence-electron chi connectivity index (χ3n) is 0.680. The van der Waals surface area contributed by atoms with Crippen molar-refractivity contribution >= 4 is 28.3 Å². The standard InChI is InChI=1S/C3H5N3SSi/c7-2-4-1-5-3(8)6-2/h1H,8H3,(H,4,5,6,7). The highest BCUT2D eigenvalue weighted by molar-refractivity contribution is 7.80. The molecular weight excluding hydrogens is 138 g/mol. The zero-order chi connectivity index (χ0) is 5.98. The van der Waals surface area contributed by atoms with Gasteiger partial charge in [-0.2, -0.15) is 0 Å². The van der Waals surface area contributed by atoms with Gasteiger partial charge in [0.1, 0.15) is 11.8 Å². The first-order valence-electron chi connectivity index (χ1n) is 2.13. The van der Waals surface area contributed by atoms with Gasteiger partial charge in [0.05, 0.1) is 10.2 Å². The summed E-state index contributed by atoms with van der Waals surface area (Å²) >= 11 is 3.91. The van der Waals surface area contributed by atoms with Crippen LogP contribution in [0.2, 0.25) is 0 Å². The lowest BCUT2D eigenvalue weighted by Gasteiger charge is -1.87. The highest BCUT2D eigenvalue weighted by atomic mass is 32.1. The van der Waals surface area contributed by atoms with Crippen LogP contribution in [-0.4, -0.2) is 25.2 Å². The van der Waals surface area contributed by atoms with E-state index in [1.165, 1.54) is 6.33 Å². The lowest BCUT2D eigenvalue weighted by Crippen LogP contribution is -2.13. The molecule has 5 heteroatoms. The quantitative estimate of drug-likeness (QED) is 0.342. The number of thiol groups is 1. The molecule has 1 heterocycles. The number of aromatic nitrogens is 3. The van der Waals surface area contributed by atoms with Crippen LogP contribution < -0.4 is 5.45 Å². The van der Waals surface area contributed by atoms with Gasteiger partial charge in [0.25, 0.3) is 0 Å². The van der Waals surface area contributed by atoms with Crippen LogP contribution >= 0.6 is 12.6 Å². The molecule has 0 radical (unpaired) electrons. The molecule has 0 aromatic carbocycles. The van der Waals surface area contributed by atoms with Gasteiger partial charge in [-0.05, 0) is 0 Å². The second-order valence-electron chi connectivity index (χ2n) is 1.33. The molecule has 0 atom stereocenters. The van der Waals surface area contributed by atoms with E-state index in [1.54, 1.807) is 0 Å². The van der Waals surface area contributed by atoms with Gasteiger partial charge in [-0.15, -0.1) is 12.6 Å². The van der Waals surface area contributed by atoms with E-state index in [9.17, 15) is 0 Å². The van der Waals surface area contributed by atoms with E-state index in [1.807, 2.05) is 0 Å². The molecule has 0 saturated heterocycles. The van der Waals surface area contributed by atoms with Crippen molar-refractivity contribution in [1.82, 2.24) is 15.0 Å². The van der Waals surface area contributed by atoms with Gasteiger partial charge in [-0.1, -0.05) is 0 Å². The molecule has 42 valence electrons. The third-order valence-corrected chi connectivity index (χ3v) is 1.38. The predicted octanol–water partition coefficient (Wildman–Crippen LogP) is -1.85. The van der Waals surface area contributed by atoms with Crippen molar-refractivity contribution in [3.63, 3.8) is 0 Å². The minimum Gasteiger partial charge on any atom is -0.228 e. The number of rotatable bonds is 0. The van der Waals surface area contributed by atoms with Gasteiger partial charge < -0.3 is 0 Å². The van der Waals surface area contributed by atoms with Crippen LogP contribution in [0.5, 0.6) is 0 Å². The summed E-state index contributed by atoms with van der Waals surface area (Å²) in [7, 11) is 0.861. The highest BCUT2D eigenvalue weighted by Gasteiger charge is 1.85. The third kappa shape index (κ3) is 1.27. The lowest BCUT2D eigenvalue weighted by molar-refractivity contribution is 0.938. The first kappa shape index (κ1) is 5.71. The Hall–Kier alpha value is -0.423. The Bertz CT molecular complexity index is 174. The Morgan fingerprint density at radius 1 is 1.50 bits per heavy atom. The molecule has 1 aromatic heterocycles. The molecule has 0 aliphatic carbocycles. The summed E-state index contributed by atoms with van der Waals surface area (Å²) in [5.74, 6) is 0. The number of hydrogen-bond donors (Lipinski definition) is 1. The fraction of sp³-hybridized carbons (Fsp3) is 0. The summed E-state index contributed by atoms with van der Waals surface area (Å²) in [6, 6.07) is 0. The maximum Gasteiger partial charge on any atom is 0.187 e. The first-order valence-corrected chi connectivity index (χ1v) is 3.58. The van der Waals surface area contributed by atoms with E-state index in [4.69, 9.17) is 0 Å². The fourth-order valence-corrected chi connectivity index (χ4v) is 1.08. The van der Waals surface area contributed by atoms with Crippen molar-refractivity contribution in [2.75, 3.05) is 0 Å². The van der Waals surface area contributed by atoms with Crippen LogP contribution in [0.15, 0.2) is 11.5 Å². The second-order valence-corrected chi connectivity index (χ2v) is 2.63. The Morgan fingerprint density at radius 3 is 2.62 bits per heavy atom. The molecule has 0 saturated carbocycles. The normalized spacial score (nSPS) is 9.62. The van der Waals surface area contributed by atoms with Gasteiger partial charge in [0.2, 0.25) is 0 Å². The molecule has 0 fully saturated rings. The summed E-state index contributed by atoms with van der Waals surface area (Å²) in [5, 5.41) is 0.505. The molecular formula is C3H5N3SSi. The van der Waals surface area contributed by atoms with E-state index in [-0.39, 0.29) is 0 Å². The zero-order valence-corrected chi connectivity index (χ0v) is 7.26. The van der Waals surface area contributed by atoms with Crippen molar-refractivity contribution in [3.8, 4) is 0 Å². The molecule has 0 bridgehead atoms. The van der Waals surface area contributed by atoms with Crippen LogP contribution in [0, 0.1) is 0 Å². The van der Waals surface area contributed by atoms with Gasteiger partial charge >= 0.3 is 0 Å². The van der Waals surface area contributed by atoms with Crippen molar-refractivity contribution in [2.45, 2.75) is 5.16 Å². The summed E-state index contributed by atoms with van der Waals surface area (Å²) in [6.07, 6.45) is 1.47. The smallest absolute Gasteiger partial charge is 0.187 e. The van der Waals surface area contributed by atoms with E-state index in [0.29, 0.717) is 5.16 Å². The maximum absolute atomic E-state index is 3.91. The van der Waals surface area contributed by atoms with Gasteiger partial charge in [-0.25, -0.2) is 15.0 Å². The van der Waals surface area contributed by atoms with Crippen molar-refractivity contribution in [2.24, 2.45) is 0 Å². The van der Waals surface area contributed by atoms with Crippen molar-refractivity contribution in [1.29, 1.82) is 0 Å². The maximum atomic E-state index is 3.91. The fourth-order valence-electron chi connectivity index (χ4n) is 0.367. The van der Waals surface area contributed by atoms with E-state index in [0.717, 1.165) is 15.7 Å². The largest absolute Gasteiger partial charge is 0.228 e. The van der Waals surface area contributed by atoms with E-state index in [2.05, 4.69) is 27.6 Å². The van der Waals surface area contributed by atoms with Crippen LogP contribution in [0.4, 0.5) is 0 Å². The number of nitrogens with zero attached hydrogens (tertiary/aromatic N) is 3. The summed E-state index contributed by atoms with van der Waals surface area (Å²) in [5.41, 5.74) is 0.838. The van der Waals surface area contributed by atoms with Crippen LogP contribution in [0.25, 0.3) is 0 Å². The van der Waals surface area contributed by atoms with Gasteiger partial charge in [0.15, 0.2) is 5.16 Å². The second kappa shape index (κ2) is 2.23. The van der Waals surface area contributed by atoms with Crippen LogP contribution in [-0.2, 0) is 0 Å². The van der Waals surface area contributed by atoms with Gasteiger partial charge in [0, 0.05) is 0 Å². The lowest BCUT2D eigenvalue weighted by atomic mass is 11.1. The Labute approximate surface area is 55.4 Å². The molecule has 3 nitrogen and oxygen atoms in total. The Morgan fingerprint density at radius 2 is 2.25 bits per heavy atom. The molecule has 8 heavy (non-hydrogen) atoms. The summed E-state index contributed by atoms with van der Waals surface area (Å²) in [6.45, 7) is 0. The molecule has 1 aromatic rings. The molecule has 0 aliphatic rings. The zero-order valence-electron chi connectivity index (χ0n) is 4.37.